The highest BCUT2D eigenvalue weighted by atomic mass is 16.5. The first-order chi connectivity index (χ1) is 11.6. The summed E-state index contributed by atoms with van der Waals surface area (Å²) < 4.78 is 4.86. The van der Waals surface area contributed by atoms with Gasteiger partial charge in [0.05, 0.1) is 12.5 Å². The van der Waals surface area contributed by atoms with Gasteiger partial charge in [-0.2, -0.15) is 0 Å². The van der Waals surface area contributed by atoms with E-state index >= 15 is 0 Å². The van der Waals surface area contributed by atoms with Crippen molar-refractivity contribution < 1.29 is 14.6 Å². The van der Waals surface area contributed by atoms with Gasteiger partial charge in [0.15, 0.2) is 0 Å². The molecule has 0 heterocycles. The van der Waals surface area contributed by atoms with Crippen LogP contribution in [0.4, 0.5) is 0 Å². The highest BCUT2D eigenvalue weighted by Gasteiger charge is 2.11. The topological polar surface area (TPSA) is 46.5 Å². The van der Waals surface area contributed by atoms with Gasteiger partial charge in [-0.25, -0.2) is 0 Å². The SMILES string of the molecule is C=CCOC(=O)C[C@H](O)CCCCCCCCCCC(C)CCC. The zero-order valence-electron chi connectivity index (χ0n) is 16.1. The third kappa shape index (κ3) is 16.0. The van der Waals surface area contributed by atoms with Crippen molar-refractivity contribution in [2.75, 3.05) is 6.61 Å². The zero-order chi connectivity index (χ0) is 18.0. The van der Waals surface area contributed by atoms with Crippen molar-refractivity contribution >= 4 is 5.97 Å². The number of aliphatic hydroxyl groups excluding tert-OH is 1. The van der Waals surface area contributed by atoms with Crippen LogP contribution in [0.25, 0.3) is 0 Å². The van der Waals surface area contributed by atoms with Crippen LogP contribution in [-0.4, -0.2) is 23.8 Å². The van der Waals surface area contributed by atoms with E-state index in [1.165, 1.54) is 63.9 Å². The predicted octanol–water partition coefficient (Wildman–Crippen LogP) is 5.80. The Morgan fingerprint density at radius 2 is 1.54 bits per heavy atom. The molecule has 0 spiro atoms. The molecule has 0 aromatic heterocycles. The molecule has 0 aliphatic heterocycles. The second kappa shape index (κ2) is 17.0. The molecule has 0 rings (SSSR count). The van der Waals surface area contributed by atoms with Crippen LogP contribution in [0.1, 0.15) is 97.3 Å². The molecule has 3 heteroatoms. The Bertz CT molecular complexity index is 301. The van der Waals surface area contributed by atoms with Crippen molar-refractivity contribution in [2.45, 2.75) is 103 Å². The van der Waals surface area contributed by atoms with Gasteiger partial charge in [-0.1, -0.05) is 97.1 Å². The van der Waals surface area contributed by atoms with E-state index in [0.29, 0.717) is 6.42 Å². The van der Waals surface area contributed by atoms with Crippen molar-refractivity contribution in [3.05, 3.63) is 12.7 Å². The fourth-order valence-electron chi connectivity index (χ4n) is 3.08. The first-order valence-electron chi connectivity index (χ1n) is 10.0. The Hall–Kier alpha value is -0.830. The molecule has 0 aromatic carbocycles. The highest BCUT2D eigenvalue weighted by Crippen LogP contribution is 2.16. The van der Waals surface area contributed by atoms with Crippen molar-refractivity contribution in [1.29, 1.82) is 0 Å². The lowest BCUT2D eigenvalue weighted by Gasteiger charge is -2.10. The van der Waals surface area contributed by atoms with E-state index in [0.717, 1.165) is 18.8 Å². The first-order valence-corrected chi connectivity index (χ1v) is 10.0. The van der Waals surface area contributed by atoms with Crippen LogP contribution >= 0.6 is 0 Å². The molecule has 0 radical (unpaired) electrons. The molecule has 142 valence electrons. The monoisotopic (exact) mass is 340 g/mol. The summed E-state index contributed by atoms with van der Waals surface area (Å²) in [6, 6.07) is 0. The average molecular weight is 341 g/mol. The van der Waals surface area contributed by atoms with Gasteiger partial charge in [0, 0.05) is 0 Å². The van der Waals surface area contributed by atoms with E-state index in [-0.39, 0.29) is 19.0 Å². The molecule has 1 unspecified atom stereocenters. The van der Waals surface area contributed by atoms with Crippen molar-refractivity contribution in [2.24, 2.45) is 5.92 Å². The molecule has 3 nitrogen and oxygen atoms in total. The van der Waals surface area contributed by atoms with Crippen LogP contribution in [0.3, 0.4) is 0 Å². The van der Waals surface area contributed by atoms with Gasteiger partial charge in [0.1, 0.15) is 6.61 Å². The number of hydrogen-bond donors (Lipinski definition) is 1. The van der Waals surface area contributed by atoms with E-state index in [2.05, 4.69) is 20.4 Å². The van der Waals surface area contributed by atoms with Crippen molar-refractivity contribution in [3.63, 3.8) is 0 Å². The quantitative estimate of drug-likeness (QED) is 0.207. The van der Waals surface area contributed by atoms with Gasteiger partial charge in [0.25, 0.3) is 0 Å². The number of ether oxygens (including phenoxy) is 1. The normalized spacial score (nSPS) is 13.5. The first kappa shape index (κ1) is 23.2. The predicted molar refractivity (Wildman–Crippen MR) is 102 cm³/mol. The van der Waals surface area contributed by atoms with Crippen LogP contribution in [0, 0.1) is 5.92 Å². The number of hydrogen-bond acceptors (Lipinski definition) is 3. The average Bonchev–Trinajstić information content (AvgIpc) is 2.54. The molecule has 24 heavy (non-hydrogen) atoms. The molecule has 0 aliphatic carbocycles. The maximum absolute atomic E-state index is 11.3. The smallest absolute Gasteiger partial charge is 0.308 e. The molecule has 0 bridgehead atoms. The van der Waals surface area contributed by atoms with E-state index in [1.807, 2.05) is 0 Å². The number of esters is 1. The van der Waals surface area contributed by atoms with Gasteiger partial charge in [-0.05, 0) is 12.3 Å². The summed E-state index contributed by atoms with van der Waals surface area (Å²) in [6.45, 7) is 8.35. The van der Waals surface area contributed by atoms with E-state index in [4.69, 9.17) is 4.74 Å². The summed E-state index contributed by atoms with van der Waals surface area (Å²) in [5.74, 6) is 0.561. The zero-order valence-corrected chi connectivity index (χ0v) is 16.1. The molecule has 0 saturated carbocycles. The largest absolute Gasteiger partial charge is 0.461 e. The lowest BCUT2D eigenvalue weighted by Crippen LogP contribution is -2.15. The Morgan fingerprint density at radius 3 is 2.08 bits per heavy atom. The number of aliphatic hydroxyl groups is 1. The molecule has 0 aliphatic rings. The Balaban J connectivity index is 3.30. The third-order valence-electron chi connectivity index (χ3n) is 4.53. The second-order valence-electron chi connectivity index (χ2n) is 7.13. The van der Waals surface area contributed by atoms with Crippen LogP contribution in [0.2, 0.25) is 0 Å². The summed E-state index contributed by atoms with van der Waals surface area (Å²) in [6.07, 6.45) is 16.0. The number of rotatable bonds is 17. The fraction of sp³-hybridized carbons (Fsp3) is 0.857. The van der Waals surface area contributed by atoms with Gasteiger partial charge < -0.3 is 9.84 Å². The molecule has 2 atom stereocenters. The maximum Gasteiger partial charge on any atom is 0.308 e. The minimum Gasteiger partial charge on any atom is -0.461 e. The molecular weight excluding hydrogens is 300 g/mol. The van der Waals surface area contributed by atoms with Crippen LogP contribution in [0.15, 0.2) is 12.7 Å². The third-order valence-corrected chi connectivity index (χ3v) is 4.53. The van der Waals surface area contributed by atoms with Gasteiger partial charge in [0.2, 0.25) is 0 Å². The number of unbranched alkanes of at least 4 members (excludes halogenated alkanes) is 7. The van der Waals surface area contributed by atoms with E-state index < -0.39 is 6.10 Å². The number of carbonyl (C=O) groups excluding carboxylic acids is 1. The van der Waals surface area contributed by atoms with Gasteiger partial charge in [-0.15, -0.1) is 0 Å². The minimum atomic E-state index is -0.563. The highest BCUT2D eigenvalue weighted by molar-refractivity contribution is 5.69. The molecule has 0 saturated heterocycles. The van der Waals surface area contributed by atoms with Crippen LogP contribution < -0.4 is 0 Å². The molecule has 0 amide bonds. The van der Waals surface area contributed by atoms with Crippen LogP contribution in [0.5, 0.6) is 0 Å². The van der Waals surface area contributed by atoms with E-state index in [9.17, 15) is 9.90 Å². The Morgan fingerprint density at radius 1 is 1.00 bits per heavy atom. The Labute approximate surface area is 149 Å². The van der Waals surface area contributed by atoms with Crippen molar-refractivity contribution in [3.8, 4) is 0 Å². The summed E-state index contributed by atoms with van der Waals surface area (Å²) >= 11 is 0. The van der Waals surface area contributed by atoms with E-state index in [1.54, 1.807) is 0 Å². The molecule has 1 N–H and O–H groups in total. The van der Waals surface area contributed by atoms with Gasteiger partial charge in [-0.3, -0.25) is 4.79 Å². The summed E-state index contributed by atoms with van der Waals surface area (Å²) in [5, 5.41) is 9.78. The van der Waals surface area contributed by atoms with Gasteiger partial charge >= 0.3 is 5.97 Å². The van der Waals surface area contributed by atoms with Crippen molar-refractivity contribution in [1.82, 2.24) is 0 Å². The summed E-state index contributed by atoms with van der Waals surface area (Å²) in [7, 11) is 0. The maximum atomic E-state index is 11.3. The molecule has 0 fully saturated rings. The Kier molecular flexibility index (Phi) is 16.4. The molecule has 0 aromatic rings. The minimum absolute atomic E-state index is 0.101. The second-order valence-corrected chi connectivity index (χ2v) is 7.13. The number of carbonyl (C=O) groups is 1. The standard InChI is InChI=1S/C21H40O3/c1-4-14-19(3)15-12-10-8-6-7-9-11-13-16-20(22)18-21(23)24-17-5-2/h5,19-20,22H,2,4,6-18H2,1,3H3/t19?,20-/m1/s1. The van der Waals surface area contributed by atoms with Crippen LogP contribution in [-0.2, 0) is 9.53 Å². The fourth-order valence-corrected chi connectivity index (χ4v) is 3.08. The molecular formula is C21H40O3. The summed E-state index contributed by atoms with van der Waals surface area (Å²) in [4.78, 5) is 11.3. The summed E-state index contributed by atoms with van der Waals surface area (Å²) in [5.41, 5.74) is 0. The lowest BCUT2D eigenvalue weighted by molar-refractivity contribution is -0.144. The lowest BCUT2D eigenvalue weighted by atomic mass is 9.98.